The van der Waals surface area contributed by atoms with Crippen LogP contribution in [0.5, 0.6) is 0 Å². The highest BCUT2D eigenvalue weighted by Gasteiger charge is 2.29. The molecule has 100 valence electrons. The molecular formula is C12H20N4OS. The number of hydrogen-bond acceptors (Lipinski definition) is 5. The van der Waals surface area contributed by atoms with E-state index in [-0.39, 0.29) is 17.9 Å². The fourth-order valence-electron chi connectivity index (χ4n) is 2.48. The van der Waals surface area contributed by atoms with Crippen molar-refractivity contribution in [2.75, 3.05) is 6.54 Å². The normalized spacial score (nSPS) is 23.6. The first-order valence-electron chi connectivity index (χ1n) is 6.46. The minimum atomic E-state index is -0.0425. The van der Waals surface area contributed by atoms with E-state index in [4.69, 9.17) is 5.73 Å². The van der Waals surface area contributed by atoms with Gasteiger partial charge in [0.1, 0.15) is 4.88 Å². The molecule has 6 heteroatoms. The van der Waals surface area contributed by atoms with Crippen LogP contribution < -0.4 is 11.1 Å². The summed E-state index contributed by atoms with van der Waals surface area (Å²) in [5, 5.41) is 7.12. The first kappa shape index (κ1) is 13.4. The van der Waals surface area contributed by atoms with Gasteiger partial charge in [-0.3, -0.25) is 4.79 Å². The summed E-state index contributed by atoms with van der Waals surface area (Å²) >= 11 is 1.17. The molecule has 2 rings (SSSR count). The highest BCUT2D eigenvalue weighted by molar-refractivity contribution is 7.08. The first-order chi connectivity index (χ1) is 8.63. The van der Waals surface area contributed by atoms with Gasteiger partial charge in [0.15, 0.2) is 0 Å². The summed E-state index contributed by atoms with van der Waals surface area (Å²) in [5.41, 5.74) is 6.51. The van der Waals surface area contributed by atoms with Crippen molar-refractivity contribution >= 4 is 17.4 Å². The van der Waals surface area contributed by atoms with Gasteiger partial charge in [-0.25, -0.2) is 0 Å². The van der Waals surface area contributed by atoms with Gasteiger partial charge in [-0.2, -0.15) is 0 Å². The van der Waals surface area contributed by atoms with Crippen molar-refractivity contribution in [3.05, 3.63) is 10.6 Å². The lowest BCUT2D eigenvalue weighted by atomic mass is 10.0. The number of carbonyl (C=O) groups is 1. The predicted molar refractivity (Wildman–Crippen MR) is 71.6 cm³/mol. The van der Waals surface area contributed by atoms with Crippen LogP contribution in [0.3, 0.4) is 0 Å². The number of nitrogens with zero attached hydrogens (tertiary/aromatic N) is 2. The van der Waals surface area contributed by atoms with Gasteiger partial charge >= 0.3 is 0 Å². The maximum absolute atomic E-state index is 12.2. The van der Waals surface area contributed by atoms with E-state index in [1.54, 1.807) is 0 Å². The van der Waals surface area contributed by atoms with Crippen molar-refractivity contribution in [2.24, 2.45) is 11.7 Å². The Labute approximate surface area is 111 Å². The van der Waals surface area contributed by atoms with E-state index in [0.717, 1.165) is 25.0 Å². The summed E-state index contributed by atoms with van der Waals surface area (Å²) in [4.78, 5) is 12.9. The van der Waals surface area contributed by atoms with Crippen molar-refractivity contribution in [1.29, 1.82) is 0 Å². The molecule has 1 fully saturated rings. The zero-order valence-electron chi connectivity index (χ0n) is 10.8. The second-order valence-corrected chi connectivity index (χ2v) is 5.90. The third-order valence-electron chi connectivity index (χ3n) is 3.54. The van der Waals surface area contributed by atoms with Crippen molar-refractivity contribution < 1.29 is 4.79 Å². The minimum Gasteiger partial charge on any atom is -0.348 e. The van der Waals surface area contributed by atoms with Crippen LogP contribution in [-0.2, 0) is 0 Å². The van der Waals surface area contributed by atoms with Gasteiger partial charge in [0.05, 0.1) is 5.69 Å². The molecule has 2 atom stereocenters. The minimum absolute atomic E-state index is 0.0425. The lowest BCUT2D eigenvalue weighted by molar-refractivity contribution is 0.0931. The van der Waals surface area contributed by atoms with E-state index in [2.05, 4.69) is 14.9 Å². The lowest BCUT2D eigenvalue weighted by Crippen LogP contribution is -2.39. The maximum atomic E-state index is 12.2. The second kappa shape index (κ2) is 5.75. The molecule has 1 aliphatic rings. The van der Waals surface area contributed by atoms with Crippen LogP contribution in [0.25, 0.3) is 0 Å². The van der Waals surface area contributed by atoms with Crippen LogP contribution in [0.15, 0.2) is 0 Å². The van der Waals surface area contributed by atoms with Crippen LogP contribution >= 0.6 is 11.5 Å². The Hall–Kier alpha value is -1.01. The Balaban J connectivity index is 2.05. The van der Waals surface area contributed by atoms with E-state index < -0.39 is 0 Å². The van der Waals surface area contributed by atoms with Gasteiger partial charge in [0, 0.05) is 6.04 Å². The molecule has 0 aromatic carbocycles. The number of hydrogen-bond donors (Lipinski definition) is 2. The van der Waals surface area contributed by atoms with E-state index in [1.165, 1.54) is 11.5 Å². The molecule has 1 aromatic rings. The van der Waals surface area contributed by atoms with E-state index >= 15 is 0 Å². The van der Waals surface area contributed by atoms with Crippen LogP contribution in [0.4, 0.5) is 0 Å². The van der Waals surface area contributed by atoms with Crippen molar-refractivity contribution in [3.63, 3.8) is 0 Å². The molecule has 0 saturated heterocycles. The van der Waals surface area contributed by atoms with Gasteiger partial charge in [0.25, 0.3) is 5.91 Å². The van der Waals surface area contributed by atoms with E-state index in [9.17, 15) is 4.79 Å². The lowest BCUT2D eigenvalue weighted by Gasteiger charge is -2.19. The molecule has 5 nitrogen and oxygen atoms in total. The quantitative estimate of drug-likeness (QED) is 0.867. The molecule has 0 bridgehead atoms. The Morgan fingerprint density at radius 1 is 1.56 bits per heavy atom. The number of carbonyl (C=O) groups excluding carboxylic acids is 1. The zero-order chi connectivity index (χ0) is 13.1. The van der Waals surface area contributed by atoms with E-state index in [1.807, 2.05) is 13.8 Å². The molecule has 18 heavy (non-hydrogen) atoms. The smallest absolute Gasteiger partial charge is 0.265 e. The topological polar surface area (TPSA) is 80.9 Å². The molecule has 3 N–H and O–H groups in total. The number of rotatable bonds is 4. The predicted octanol–water partition coefficient (Wildman–Crippen LogP) is 1.52. The third-order valence-corrected chi connectivity index (χ3v) is 4.29. The van der Waals surface area contributed by atoms with Gasteiger partial charge in [-0.05, 0) is 42.8 Å². The summed E-state index contributed by atoms with van der Waals surface area (Å²) in [7, 11) is 0. The van der Waals surface area contributed by atoms with Crippen LogP contribution in [0.2, 0.25) is 0 Å². The standard InChI is InChI=1S/C12H20N4OS/c1-7(2)10-11(18-16-15-10)12(17)14-9-5-3-4-8(9)6-13/h7-9H,3-6,13H2,1-2H3,(H,14,17). The highest BCUT2D eigenvalue weighted by atomic mass is 32.1. The Kier molecular flexibility index (Phi) is 4.29. The SMILES string of the molecule is CC(C)c1nnsc1C(=O)NC1CCCC1CN. The van der Waals surface area contributed by atoms with Crippen LogP contribution in [-0.4, -0.2) is 28.1 Å². The Morgan fingerprint density at radius 3 is 3.00 bits per heavy atom. The fourth-order valence-corrected chi connectivity index (χ4v) is 3.20. The molecule has 0 aliphatic heterocycles. The number of amides is 1. The van der Waals surface area contributed by atoms with E-state index in [0.29, 0.717) is 17.3 Å². The largest absolute Gasteiger partial charge is 0.348 e. The van der Waals surface area contributed by atoms with Gasteiger partial charge < -0.3 is 11.1 Å². The van der Waals surface area contributed by atoms with Gasteiger partial charge in [-0.15, -0.1) is 5.10 Å². The Morgan fingerprint density at radius 2 is 2.33 bits per heavy atom. The number of nitrogens with two attached hydrogens (primary N) is 1. The Bertz CT molecular complexity index is 418. The molecule has 1 aliphatic carbocycles. The van der Waals surface area contributed by atoms with Crippen LogP contribution in [0.1, 0.15) is 54.4 Å². The van der Waals surface area contributed by atoms with Crippen molar-refractivity contribution in [3.8, 4) is 0 Å². The number of aromatic nitrogens is 2. The average molecular weight is 268 g/mol. The van der Waals surface area contributed by atoms with Gasteiger partial charge in [0.2, 0.25) is 0 Å². The highest BCUT2D eigenvalue weighted by Crippen LogP contribution is 2.26. The third kappa shape index (κ3) is 2.70. The maximum Gasteiger partial charge on any atom is 0.265 e. The molecule has 1 heterocycles. The second-order valence-electron chi connectivity index (χ2n) is 5.15. The zero-order valence-corrected chi connectivity index (χ0v) is 11.7. The summed E-state index contributed by atoms with van der Waals surface area (Å²) in [6.45, 7) is 4.68. The molecule has 0 radical (unpaired) electrons. The summed E-state index contributed by atoms with van der Waals surface area (Å²) in [5.74, 6) is 0.592. The number of nitrogens with one attached hydrogen (secondary N) is 1. The average Bonchev–Trinajstić information content (AvgIpc) is 2.96. The van der Waals surface area contributed by atoms with Crippen molar-refractivity contribution in [2.45, 2.75) is 45.1 Å². The van der Waals surface area contributed by atoms with Gasteiger partial charge in [-0.1, -0.05) is 24.8 Å². The molecule has 0 spiro atoms. The molecular weight excluding hydrogens is 248 g/mol. The molecule has 1 saturated carbocycles. The summed E-state index contributed by atoms with van der Waals surface area (Å²) < 4.78 is 3.88. The molecule has 2 unspecified atom stereocenters. The molecule has 1 amide bonds. The summed E-state index contributed by atoms with van der Waals surface area (Å²) in [6, 6.07) is 0.213. The summed E-state index contributed by atoms with van der Waals surface area (Å²) in [6.07, 6.45) is 3.28. The monoisotopic (exact) mass is 268 g/mol. The first-order valence-corrected chi connectivity index (χ1v) is 7.24. The van der Waals surface area contributed by atoms with Crippen molar-refractivity contribution in [1.82, 2.24) is 14.9 Å². The van der Waals surface area contributed by atoms with Crippen LogP contribution in [0, 0.1) is 5.92 Å². The molecule has 1 aromatic heterocycles. The fraction of sp³-hybridized carbons (Fsp3) is 0.750.